The highest BCUT2D eigenvalue weighted by Crippen LogP contribution is 2.42. The van der Waals surface area contributed by atoms with Gasteiger partial charge in [-0.2, -0.15) is 0 Å². The van der Waals surface area contributed by atoms with Crippen LogP contribution >= 0.6 is 0 Å². The van der Waals surface area contributed by atoms with Crippen molar-refractivity contribution in [2.24, 2.45) is 17.1 Å². The molecule has 0 aromatic heterocycles. The molecule has 3 N–H and O–H groups in total. The van der Waals surface area contributed by atoms with E-state index in [4.69, 9.17) is 5.73 Å². The summed E-state index contributed by atoms with van der Waals surface area (Å²) in [5, 5.41) is 3.38. The van der Waals surface area contributed by atoms with Gasteiger partial charge in [0.05, 0.1) is 6.04 Å². The molecule has 1 saturated carbocycles. The number of amides is 1. The van der Waals surface area contributed by atoms with Crippen molar-refractivity contribution in [3.63, 3.8) is 0 Å². The van der Waals surface area contributed by atoms with Crippen LogP contribution in [-0.2, 0) is 4.79 Å². The highest BCUT2D eigenvalue weighted by atomic mass is 16.1. The van der Waals surface area contributed by atoms with Crippen LogP contribution in [0, 0.1) is 11.3 Å². The zero-order valence-corrected chi connectivity index (χ0v) is 11.6. The topological polar surface area (TPSA) is 55.1 Å². The summed E-state index contributed by atoms with van der Waals surface area (Å²) in [5.41, 5.74) is 5.79. The fourth-order valence-electron chi connectivity index (χ4n) is 3.23. The van der Waals surface area contributed by atoms with Gasteiger partial charge in [0.1, 0.15) is 0 Å². The van der Waals surface area contributed by atoms with Crippen molar-refractivity contribution < 1.29 is 4.79 Å². The van der Waals surface area contributed by atoms with E-state index >= 15 is 0 Å². The lowest BCUT2D eigenvalue weighted by molar-refractivity contribution is -0.120. The molecule has 1 unspecified atom stereocenters. The summed E-state index contributed by atoms with van der Waals surface area (Å²) >= 11 is 0. The van der Waals surface area contributed by atoms with Crippen molar-refractivity contribution >= 4 is 5.91 Å². The van der Waals surface area contributed by atoms with E-state index in [1.807, 2.05) is 6.92 Å². The minimum absolute atomic E-state index is 0.153. The van der Waals surface area contributed by atoms with Crippen molar-refractivity contribution in [2.45, 2.75) is 65.3 Å². The van der Waals surface area contributed by atoms with Gasteiger partial charge in [0.15, 0.2) is 0 Å². The summed E-state index contributed by atoms with van der Waals surface area (Å²) < 4.78 is 0. The lowest BCUT2D eigenvalue weighted by Gasteiger charge is -2.32. The van der Waals surface area contributed by atoms with Crippen LogP contribution < -0.4 is 11.1 Å². The number of hydrogen-bond donors (Lipinski definition) is 2. The molecule has 1 atom stereocenters. The van der Waals surface area contributed by atoms with Crippen LogP contribution in [0.15, 0.2) is 0 Å². The summed E-state index contributed by atoms with van der Waals surface area (Å²) in [6.07, 6.45) is 7.31. The Morgan fingerprint density at radius 1 is 1.35 bits per heavy atom. The second-order valence-corrected chi connectivity index (χ2v) is 6.05. The quantitative estimate of drug-likeness (QED) is 0.718. The Bertz CT molecular complexity index is 245. The summed E-state index contributed by atoms with van der Waals surface area (Å²) in [4.78, 5) is 11.2. The first kappa shape index (κ1) is 14.5. The molecule has 0 aromatic rings. The summed E-state index contributed by atoms with van der Waals surface area (Å²) in [6.45, 7) is 7.52. The van der Waals surface area contributed by atoms with Gasteiger partial charge in [-0.3, -0.25) is 4.79 Å². The van der Waals surface area contributed by atoms with Crippen molar-refractivity contribution in [1.82, 2.24) is 5.32 Å². The van der Waals surface area contributed by atoms with Crippen LogP contribution in [0.3, 0.4) is 0 Å². The standard InChI is InChI=1S/C14H28N2O/c1-4-12(13(15)17)16-10-14(9-11(2)3)7-5-6-8-14/h11-12,16H,4-10H2,1-3H3,(H2,15,17). The lowest BCUT2D eigenvalue weighted by Crippen LogP contribution is -2.45. The fraction of sp³-hybridized carbons (Fsp3) is 0.929. The normalized spacial score (nSPS) is 20.7. The van der Waals surface area contributed by atoms with E-state index in [9.17, 15) is 4.79 Å². The minimum atomic E-state index is -0.217. The highest BCUT2D eigenvalue weighted by Gasteiger charge is 2.34. The molecular weight excluding hydrogens is 212 g/mol. The molecule has 17 heavy (non-hydrogen) atoms. The van der Waals surface area contributed by atoms with Crippen LogP contribution in [0.4, 0.5) is 0 Å². The largest absolute Gasteiger partial charge is 0.368 e. The Labute approximate surface area is 106 Å². The first-order valence-corrected chi connectivity index (χ1v) is 7.02. The SMILES string of the molecule is CCC(NCC1(CC(C)C)CCCC1)C(N)=O. The number of hydrogen-bond acceptors (Lipinski definition) is 2. The summed E-state index contributed by atoms with van der Waals surface area (Å²) in [5.74, 6) is 0.508. The monoisotopic (exact) mass is 240 g/mol. The van der Waals surface area contributed by atoms with Crippen molar-refractivity contribution in [3.8, 4) is 0 Å². The first-order valence-electron chi connectivity index (χ1n) is 7.02. The van der Waals surface area contributed by atoms with Crippen molar-refractivity contribution in [2.75, 3.05) is 6.54 Å². The fourth-order valence-corrected chi connectivity index (χ4v) is 3.23. The van der Waals surface area contributed by atoms with Gasteiger partial charge in [-0.05, 0) is 37.0 Å². The Balaban J connectivity index is 2.52. The first-order chi connectivity index (χ1) is 7.99. The number of carbonyl (C=O) groups excluding carboxylic acids is 1. The average Bonchev–Trinajstić information content (AvgIpc) is 2.66. The maximum atomic E-state index is 11.2. The lowest BCUT2D eigenvalue weighted by atomic mass is 9.78. The van der Waals surface area contributed by atoms with Gasteiger partial charge in [0.25, 0.3) is 0 Å². The van der Waals surface area contributed by atoms with E-state index in [1.165, 1.54) is 32.1 Å². The van der Waals surface area contributed by atoms with Gasteiger partial charge in [0.2, 0.25) is 5.91 Å². The van der Waals surface area contributed by atoms with E-state index < -0.39 is 0 Å². The van der Waals surface area contributed by atoms with Gasteiger partial charge in [-0.15, -0.1) is 0 Å². The molecule has 0 aromatic carbocycles. The highest BCUT2D eigenvalue weighted by molar-refractivity contribution is 5.79. The molecule has 0 bridgehead atoms. The van der Waals surface area contributed by atoms with E-state index in [1.54, 1.807) is 0 Å². The molecule has 1 rings (SSSR count). The zero-order valence-electron chi connectivity index (χ0n) is 11.6. The van der Waals surface area contributed by atoms with E-state index in [0.717, 1.165) is 18.9 Å². The smallest absolute Gasteiger partial charge is 0.234 e. The van der Waals surface area contributed by atoms with Crippen LogP contribution in [-0.4, -0.2) is 18.5 Å². The number of primary amides is 1. The number of nitrogens with two attached hydrogens (primary N) is 1. The van der Waals surface area contributed by atoms with Gasteiger partial charge < -0.3 is 11.1 Å². The van der Waals surface area contributed by atoms with Gasteiger partial charge in [0, 0.05) is 6.54 Å². The maximum absolute atomic E-state index is 11.2. The van der Waals surface area contributed by atoms with Gasteiger partial charge in [-0.1, -0.05) is 33.6 Å². The second-order valence-electron chi connectivity index (χ2n) is 6.05. The molecule has 100 valence electrons. The summed E-state index contributed by atoms with van der Waals surface area (Å²) in [6, 6.07) is -0.153. The molecule has 1 aliphatic carbocycles. The number of rotatable bonds is 7. The van der Waals surface area contributed by atoms with Crippen LogP contribution in [0.5, 0.6) is 0 Å². The molecular formula is C14H28N2O. The van der Waals surface area contributed by atoms with E-state index in [2.05, 4.69) is 19.2 Å². The molecule has 0 aliphatic heterocycles. The predicted molar refractivity (Wildman–Crippen MR) is 71.6 cm³/mol. The Hall–Kier alpha value is -0.570. The molecule has 1 aliphatic rings. The van der Waals surface area contributed by atoms with E-state index in [-0.39, 0.29) is 11.9 Å². The zero-order chi connectivity index (χ0) is 12.9. The average molecular weight is 240 g/mol. The van der Waals surface area contributed by atoms with Crippen LogP contribution in [0.25, 0.3) is 0 Å². The number of nitrogens with one attached hydrogen (secondary N) is 1. The number of carbonyl (C=O) groups is 1. The third-order valence-electron chi connectivity index (χ3n) is 3.98. The van der Waals surface area contributed by atoms with E-state index in [0.29, 0.717) is 5.41 Å². The predicted octanol–water partition coefficient (Wildman–Crippen LogP) is 2.45. The summed E-state index contributed by atoms with van der Waals surface area (Å²) in [7, 11) is 0. The third kappa shape index (κ3) is 4.30. The molecule has 0 saturated heterocycles. The van der Waals surface area contributed by atoms with Crippen molar-refractivity contribution in [1.29, 1.82) is 0 Å². The third-order valence-corrected chi connectivity index (χ3v) is 3.98. The Kier molecular flexibility index (Phi) is 5.44. The van der Waals surface area contributed by atoms with Gasteiger partial charge in [-0.25, -0.2) is 0 Å². The van der Waals surface area contributed by atoms with Crippen LogP contribution in [0.2, 0.25) is 0 Å². The van der Waals surface area contributed by atoms with Gasteiger partial charge >= 0.3 is 0 Å². The molecule has 0 heterocycles. The van der Waals surface area contributed by atoms with Crippen molar-refractivity contribution in [3.05, 3.63) is 0 Å². The molecule has 1 fully saturated rings. The molecule has 3 heteroatoms. The second kappa shape index (κ2) is 6.39. The Morgan fingerprint density at radius 3 is 2.35 bits per heavy atom. The maximum Gasteiger partial charge on any atom is 0.234 e. The Morgan fingerprint density at radius 2 is 1.94 bits per heavy atom. The molecule has 0 radical (unpaired) electrons. The van der Waals surface area contributed by atoms with Crippen LogP contribution in [0.1, 0.15) is 59.3 Å². The molecule has 0 spiro atoms. The molecule has 1 amide bonds. The minimum Gasteiger partial charge on any atom is -0.368 e. The molecule has 3 nitrogen and oxygen atoms in total.